The van der Waals surface area contributed by atoms with Crippen molar-refractivity contribution in [2.45, 2.75) is 20.0 Å². The van der Waals surface area contributed by atoms with Crippen molar-refractivity contribution in [3.05, 3.63) is 22.2 Å². The van der Waals surface area contributed by atoms with Gasteiger partial charge in [-0.2, -0.15) is 0 Å². The number of fused-ring (bicyclic) bond motifs is 1. The fourth-order valence-electron chi connectivity index (χ4n) is 2.26. The van der Waals surface area contributed by atoms with Crippen LogP contribution in [0.5, 0.6) is 0 Å². The predicted molar refractivity (Wildman–Crippen MR) is 82.1 cm³/mol. The van der Waals surface area contributed by atoms with E-state index in [1.54, 1.807) is 6.07 Å². The van der Waals surface area contributed by atoms with E-state index in [2.05, 4.69) is 33.1 Å². The molecule has 0 bridgehead atoms. The summed E-state index contributed by atoms with van der Waals surface area (Å²) in [6, 6.07) is 3.69. The molecule has 0 saturated heterocycles. The Labute approximate surface area is 127 Å². The fourth-order valence-corrected chi connectivity index (χ4v) is 2.88. The Morgan fingerprint density at radius 2 is 2.20 bits per heavy atom. The summed E-state index contributed by atoms with van der Waals surface area (Å²) in [6.45, 7) is 7.00. The van der Waals surface area contributed by atoms with E-state index >= 15 is 0 Å². The lowest BCUT2D eigenvalue weighted by molar-refractivity contribution is -0.123. The van der Waals surface area contributed by atoms with E-state index in [0.717, 1.165) is 23.2 Å². The minimum atomic E-state index is -1.08. The van der Waals surface area contributed by atoms with Crippen LogP contribution in [0.1, 0.15) is 25.5 Å². The summed E-state index contributed by atoms with van der Waals surface area (Å²) in [6.07, 6.45) is -1.08. The molecule has 0 spiro atoms. The maximum absolute atomic E-state index is 11.5. The maximum Gasteiger partial charge on any atom is 0.257 e. The van der Waals surface area contributed by atoms with Gasteiger partial charge in [0.05, 0.1) is 12.3 Å². The molecule has 5 nitrogen and oxygen atoms in total. The first-order valence-electron chi connectivity index (χ1n) is 6.73. The third kappa shape index (κ3) is 2.97. The molecule has 1 aliphatic heterocycles. The molecular formula is C14H19BrN2O3. The summed E-state index contributed by atoms with van der Waals surface area (Å²) in [5.74, 6) is -0.374. The number of carbonyl (C=O) groups excluding carboxylic acids is 1. The quantitative estimate of drug-likeness (QED) is 0.778. The molecular weight excluding hydrogens is 324 g/mol. The summed E-state index contributed by atoms with van der Waals surface area (Å²) < 4.78 is 6.25. The predicted octanol–water partition coefficient (Wildman–Crippen LogP) is 2.30. The Bertz CT molecular complexity index is 507. The van der Waals surface area contributed by atoms with E-state index in [1.807, 2.05) is 13.0 Å². The molecule has 6 heteroatoms. The van der Waals surface area contributed by atoms with Crippen molar-refractivity contribution >= 4 is 33.2 Å². The van der Waals surface area contributed by atoms with Gasteiger partial charge in [-0.25, -0.2) is 0 Å². The van der Waals surface area contributed by atoms with Gasteiger partial charge in [0.25, 0.3) is 5.91 Å². The van der Waals surface area contributed by atoms with Gasteiger partial charge in [0, 0.05) is 35.4 Å². The minimum absolute atomic E-state index is 0.374. The van der Waals surface area contributed by atoms with Crippen molar-refractivity contribution in [3.8, 4) is 0 Å². The van der Waals surface area contributed by atoms with E-state index in [4.69, 9.17) is 4.74 Å². The molecule has 0 radical (unpaired) electrons. The van der Waals surface area contributed by atoms with Crippen molar-refractivity contribution in [2.24, 2.45) is 0 Å². The van der Waals surface area contributed by atoms with Crippen LogP contribution in [-0.4, -0.2) is 37.3 Å². The zero-order valence-electron chi connectivity index (χ0n) is 11.6. The number of hydrogen-bond donors (Lipinski definition) is 2. The van der Waals surface area contributed by atoms with Gasteiger partial charge in [-0.05, 0) is 41.9 Å². The molecule has 1 unspecified atom stereocenters. The Balaban J connectivity index is 2.24. The van der Waals surface area contributed by atoms with Crippen molar-refractivity contribution in [3.63, 3.8) is 0 Å². The normalized spacial score (nSPS) is 17.0. The highest BCUT2D eigenvalue weighted by Gasteiger charge is 2.30. The van der Waals surface area contributed by atoms with Crippen LogP contribution < -0.4 is 10.2 Å². The summed E-state index contributed by atoms with van der Waals surface area (Å²) in [4.78, 5) is 13.7. The number of benzene rings is 1. The number of aliphatic hydroxyl groups excluding tert-OH is 1. The Morgan fingerprint density at radius 3 is 2.85 bits per heavy atom. The van der Waals surface area contributed by atoms with Gasteiger partial charge in [-0.3, -0.25) is 4.79 Å². The molecule has 1 atom stereocenters. The summed E-state index contributed by atoms with van der Waals surface area (Å²) in [5, 5.41) is 12.5. The number of aliphatic hydroxyl groups is 1. The van der Waals surface area contributed by atoms with E-state index < -0.39 is 6.10 Å². The highest BCUT2D eigenvalue weighted by atomic mass is 79.9. The van der Waals surface area contributed by atoms with Gasteiger partial charge in [0.2, 0.25) is 0 Å². The zero-order valence-corrected chi connectivity index (χ0v) is 13.2. The number of amides is 1. The highest BCUT2D eigenvalue weighted by Crippen LogP contribution is 2.38. The number of nitrogens with one attached hydrogen (secondary N) is 1. The summed E-state index contributed by atoms with van der Waals surface area (Å²) >= 11 is 3.52. The molecule has 2 N–H and O–H groups in total. The van der Waals surface area contributed by atoms with Gasteiger partial charge >= 0.3 is 0 Å². The topological polar surface area (TPSA) is 61.8 Å². The van der Waals surface area contributed by atoms with Gasteiger partial charge in [-0.15, -0.1) is 0 Å². The first-order chi connectivity index (χ1) is 9.58. The number of rotatable bonds is 6. The van der Waals surface area contributed by atoms with E-state index in [0.29, 0.717) is 24.5 Å². The monoisotopic (exact) mass is 342 g/mol. The lowest BCUT2D eigenvalue weighted by Crippen LogP contribution is -2.27. The lowest BCUT2D eigenvalue weighted by atomic mass is 10.1. The van der Waals surface area contributed by atoms with E-state index in [1.165, 1.54) is 0 Å². The largest absolute Gasteiger partial charge is 0.380 e. The first kappa shape index (κ1) is 15.3. The fraction of sp³-hybridized carbons (Fsp3) is 0.500. The molecule has 0 fully saturated rings. The van der Waals surface area contributed by atoms with E-state index in [9.17, 15) is 9.90 Å². The molecule has 1 aromatic carbocycles. The molecule has 1 heterocycles. The molecule has 0 aliphatic carbocycles. The number of likely N-dealkylation sites (N-methyl/N-ethyl adjacent to an activating group) is 1. The van der Waals surface area contributed by atoms with Gasteiger partial charge < -0.3 is 20.1 Å². The molecule has 1 aromatic rings. The second-order valence-electron chi connectivity index (χ2n) is 4.56. The first-order valence-corrected chi connectivity index (χ1v) is 7.52. The van der Waals surface area contributed by atoms with Gasteiger partial charge in [-0.1, -0.05) is 0 Å². The minimum Gasteiger partial charge on any atom is -0.380 e. The van der Waals surface area contributed by atoms with Crippen LogP contribution in [0.25, 0.3) is 0 Å². The summed E-state index contributed by atoms with van der Waals surface area (Å²) in [5.41, 5.74) is 2.28. The van der Waals surface area contributed by atoms with Crippen LogP contribution in [0.2, 0.25) is 0 Å². The van der Waals surface area contributed by atoms with Crippen LogP contribution in [-0.2, 0) is 9.53 Å². The van der Waals surface area contributed by atoms with Crippen molar-refractivity contribution in [2.75, 3.05) is 36.5 Å². The van der Waals surface area contributed by atoms with Crippen LogP contribution in [0.3, 0.4) is 0 Å². The SMILES string of the molecule is CCOCCN(CC)c1cc2c(cc1Br)C(O)C(=O)N2. The van der Waals surface area contributed by atoms with Crippen LogP contribution in [0, 0.1) is 0 Å². The Hall–Kier alpha value is -1.11. The standard InChI is InChI=1S/C14H19BrN2O3/c1-3-17(5-6-20-4-2)12-8-11-9(7-10(12)15)13(18)14(19)16-11/h7-8,13,18H,3-6H2,1-2H3,(H,16,19). The van der Waals surface area contributed by atoms with Crippen molar-refractivity contribution < 1.29 is 14.6 Å². The second kappa shape index (κ2) is 6.56. The number of anilines is 2. The average Bonchev–Trinajstić information content (AvgIpc) is 2.70. The maximum atomic E-state index is 11.5. The lowest BCUT2D eigenvalue weighted by Gasteiger charge is -2.25. The molecule has 2 rings (SSSR count). The number of nitrogens with zero attached hydrogens (tertiary/aromatic N) is 1. The third-order valence-corrected chi connectivity index (χ3v) is 3.99. The van der Waals surface area contributed by atoms with Crippen molar-refractivity contribution in [1.29, 1.82) is 0 Å². The van der Waals surface area contributed by atoms with Gasteiger partial charge in [0.15, 0.2) is 6.10 Å². The molecule has 110 valence electrons. The highest BCUT2D eigenvalue weighted by molar-refractivity contribution is 9.10. The molecule has 0 aromatic heterocycles. The van der Waals surface area contributed by atoms with E-state index in [-0.39, 0.29) is 5.91 Å². The molecule has 20 heavy (non-hydrogen) atoms. The van der Waals surface area contributed by atoms with Crippen LogP contribution >= 0.6 is 15.9 Å². The number of carbonyl (C=O) groups is 1. The van der Waals surface area contributed by atoms with Gasteiger partial charge in [0.1, 0.15) is 0 Å². The van der Waals surface area contributed by atoms with Crippen LogP contribution in [0.15, 0.2) is 16.6 Å². The summed E-state index contributed by atoms with van der Waals surface area (Å²) in [7, 11) is 0. The number of ether oxygens (including phenoxy) is 1. The number of halogens is 1. The Kier molecular flexibility index (Phi) is 5.01. The average molecular weight is 343 g/mol. The Morgan fingerprint density at radius 1 is 1.45 bits per heavy atom. The molecule has 1 amide bonds. The smallest absolute Gasteiger partial charge is 0.257 e. The third-order valence-electron chi connectivity index (χ3n) is 3.35. The van der Waals surface area contributed by atoms with Crippen LogP contribution in [0.4, 0.5) is 11.4 Å². The van der Waals surface area contributed by atoms with Crippen molar-refractivity contribution in [1.82, 2.24) is 0 Å². The molecule has 1 aliphatic rings. The zero-order chi connectivity index (χ0) is 14.7. The molecule has 0 saturated carbocycles. The number of hydrogen-bond acceptors (Lipinski definition) is 4. The second-order valence-corrected chi connectivity index (χ2v) is 5.41.